The number of fused-ring (bicyclic) bond motifs is 1. The molecule has 2 amide bonds. The summed E-state index contributed by atoms with van der Waals surface area (Å²) >= 11 is 0. The molecule has 0 bridgehead atoms. The number of para-hydroxylation sites is 1. The van der Waals surface area contributed by atoms with Gasteiger partial charge >= 0.3 is 0 Å². The van der Waals surface area contributed by atoms with Gasteiger partial charge in [0.2, 0.25) is 30.7 Å². The minimum absolute atomic E-state index is 0.149. The van der Waals surface area contributed by atoms with E-state index in [1.165, 1.54) is 18.9 Å². The maximum atomic E-state index is 12.2. The summed E-state index contributed by atoms with van der Waals surface area (Å²) in [7, 11) is 0. The molecule has 1 unspecified atom stereocenters. The van der Waals surface area contributed by atoms with Crippen LogP contribution in [0.3, 0.4) is 0 Å². The fraction of sp³-hybridized carbons (Fsp3) is 0.250. The molecule has 28 heavy (non-hydrogen) atoms. The first-order valence-electron chi connectivity index (χ1n) is 8.81. The van der Waals surface area contributed by atoms with Crippen LogP contribution in [0, 0.1) is 0 Å². The van der Waals surface area contributed by atoms with Crippen molar-refractivity contribution >= 4 is 23.4 Å². The van der Waals surface area contributed by atoms with Crippen molar-refractivity contribution in [2.75, 3.05) is 18.2 Å². The molecule has 0 saturated heterocycles. The Morgan fingerprint density at radius 3 is 2.57 bits per heavy atom. The lowest BCUT2D eigenvalue weighted by molar-refractivity contribution is -0.135. The lowest BCUT2D eigenvalue weighted by atomic mass is 10.2. The fourth-order valence-electron chi connectivity index (χ4n) is 3.09. The molecule has 144 valence electrons. The highest BCUT2D eigenvalue weighted by molar-refractivity contribution is 5.97. The van der Waals surface area contributed by atoms with Gasteiger partial charge in [-0.1, -0.05) is 18.2 Å². The fourth-order valence-corrected chi connectivity index (χ4v) is 3.09. The average Bonchev–Trinajstić information content (AvgIpc) is 3.32. The van der Waals surface area contributed by atoms with Crippen LogP contribution in [0.4, 0.5) is 5.69 Å². The zero-order valence-corrected chi connectivity index (χ0v) is 15.5. The summed E-state index contributed by atoms with van der Waals surface area (Å²) in [5.74, 6) is 1.09. The van der Waals surface area contributed by atoms with E-state index < -0.39 is 6.23 Å². The summed E-state index contributed by atoms with van der Waals surface area (Å²) in [6.07, 6.45) is -0.734. The van der Waals surface area contributed by atoms with E-state index in [-0.39, 0.29) is 31.0 Å². The van der Waals surface area contributed by atoms with E-state index in [4.69, 9.17) is 14.2 Å². The Bertz CT molecular complexity index is 944. The Morgan fingerprint density at radius 2 is 1.86 bits per heavy atom. The van der Waals surface area contributed by atoms with Crippen LogP contribution >= 0.6 is 0 Å². The molecule has 1 atom stereocenters. The Balaban J connectivity index is 1.58. The van der Waals surface area contributed by atoms with Gasteiger partial charge in [0.15, 0.2) is 11.5 Å². The zero-order valence-electron chi connectivity index (χ0n) is 15.5. The van der Waals surface area contributed by atoms with Crippen LogP contribution in [0.1, 0.15) is 19.4 Å². The van der Waals surface area contributed by atoms with E-state index in [1.54, 1.807) is 23.1 Å². The molecule has 0 aromatic heterocycles. The molecule has 8 heteroatoms. The Kier molecular flexibility index (Phi) is 4.60. The first kappa shape index (κ1) is 17.8. The molecule has 0 N–H and O–H groups in total. The normalized spacial score (nSPS) is 17.1. The first-order valence-corrected chi connectivity index (χ1v) is 8.81. The topological polar surface area (TPSA) is 80.7 Å². The number of hydrogen-bond acceptors (Lipinski definition) is 6. The van der Waals surface area contributed by atoms with E-state index in [0.29, 0.717) is 17.1 Å². The zero-order chi connectivity index (χ0) is 19.7. The molecule has 2 aromatic carbocycles. The van der Waals surface area contributed by atoms with Crippen molar-refractivity contribution in [2.45, 2.75) is 20.1 Å². The monoisotopic (exact) mass is 381 g/mol. The molecule has 8 nitrogen and oxygen atoms in total. The summed E-state index contributed by atoms with van der Waals surface area (Å²) < 4.78 is 16.6. The molecular formula is C20H19N3O5. The molecular weight excluding hydrogens is 362 g/mol. The predicted octanol–water partition coefficient (Wildman–Crippen LogP) is 2.33. The summed E-state index contributed by atoms with van der Waals surface area (Å²) in [6.45, 7) is 3.19. The third kappa shape index (κ3) is 3.36. The molecule has 2 aliphatic rings. The highest BCUT2D eigenvalue weighted by atomic mass is 16.7. The van der Waals surface area contributed by atoms with Crippen LogP contribution in [-0.2, 0) is 14.3 Å². The van der Waals surface area contributed by atoms with Crippen molar-refractivity contribution in [1.29, 1.82) is 0 Å². The third-order valence-corrected chi connectivity index (χ3v) is 4.45. The summed E-state index contributed by atoms with van der Waals surface area (Å²) in [5.41, 5.74) is 1.38. The van der Waals surface area contributed by atoms with Crippen LogP contribution in [0.5, 0.6) is 11.5 Å². The van der Waals surface area contributed by atoms with Crippen LogP contribution in [0.2, 0.25) is 0 Å². The van der Waals surface area contributed by atoms with Crippen molar-refractivity contribution in [3.05, 3.63) is 54.1 Å². The van der Waals surface area contributed by atoms with Crippen molar-refractivity contribution in [1.82, 2.24) is 5.01 Å². The second-order valence-corrected chi connectivity index (χ2v) is 6.37. The number of nitrogens with zero attached hydrogens (tertiary/aromatic N) is 3. The Hall–Kier alpha value is -3.55. The highest BCUT2D eigenvalue weighted by Gasteiger charge is 2.34. The van der Waals surface area contributed by atoms with Crippen LogP contribution in [-0.4, -0.2) is 42.3 Å². The van der Waals surface area contributed by atoms with E-state index in [9.17, 15) is 9.59 Å². The van der Waals surface area contributed by atoms with E-state index >= 15 is 0 Å². The van der Waals surface area contributed by atoms with Gasteiger partial charge in [0.1, 0.15) is 0 Å². The first-order chi connectivity index (χ1) is 13.5. The number of benzene rings is 2. The Morgan fingerprint density at radius 1 is 1.11 bits per heavy atom. The summed E-state index contributed by atoms with van der Waals surface area (Å²) in [4.78, 5) is 25.8. The van der Waals surface area contributed by atoms with Gasteiger partial charge < -0.3 is 19.1 Å². The number of hydrazone groups is 1. The van der Waals surface area contributed by atoms with Gasteiger partial charge in [-0.2, -0.15) is 5.01 Å². The van der Waals surface area contributed by atoms with Crippen molar-refractivity contribution in [3.63, 3.8) is 0 Å². The van der Waals surface area contributed by atoms with Gasteiger partial charge in [0.25, 0.3) is 0 Å². The number of carbonyl (C=O) groups excluding carboxylic acids is 2. The second kappa shape index (κ2) is 7.22. The largest absolute Gasteiger partial charge is 0.454 e. The van der Waals surface area contributed by atoms with E-state index in [0.717, 1.165) is 5.69 Å². The lowest BCUT2D eigenvalue weighted by Gasteiger charge is -2.27. The molecule has 2 aromatic rings. The van der Waals surface area contributed by atoms with Crippen molar-refractivity contribution < 1.29 is 23.8 Å². The minimum atomic E-state index is -0.734. The number of hydrogen-bond donors (Lipinski definition) is 0. The maximum Gasteiger partial charge on any atom is 0.243 e. The van der Waals surface area contributed by atoms with Crippen LogP contribution in [0.15, 0.2) is 53.6 Å². The van der Waals surface area contributed by atoms with E-state index in [2.05, 4.69) is 5.10 Å². The molecule has 0 fully saturated rings. The van der Waals surface area contributed by atoms with Crippen molar-refractivity contribution in [3.8, 4) is 11.5 Å². The number of carbonyl (C=O) groups is 2. The van der Waals surface area contributed by atoms with Crippen LogP contribution in [0.25, 0.3) is 0 Å². The molecule has 2 heterocycles. The molecule has 2 aliphatic heterocycles. The van der Waals surface area contributed by atoms with Gasteiger partial charge in [-0.15, -0.1) is 5.10 Å². The quantitative estimate of drug-likeness (QED) is 0.812. The van der Waals surface area contributed by atoms with Gasteiger partial charge in [-0.25, -0.2) is 0 Å². The third-order valence-electron chi connectivity index (χ3n) is 4.45. The molecule has 4 rings (SSSR count). The molecule has 0 saturated carbocycles. The summed E-state index contributed by atoms with van der Waals surface area (Å²) in [6, 6.07) is 14.5. The van der Waals surface area contributed by atoms with Gasteiger partial charge in [-0.05, 0) is 30.3 Å². The number of rotatable bonds is 4. The van der Waals surface area contributed by atoms with Crippen molar-refractivity contribution in [2.24, 2.45) is 5.10 Å². The lowest BCUT2D eigenvalue weighted by Crippen LogP contribution is -2.44. The van der Waals surface area contributed by atoms with Gasteiger partial charge in [0.05, 0.1) is 6.54 Å². The standard InChI is InChI=1S/C20H19N3O5/c1-13(24)22(16-6-4-3-5-7-16)11-19-23(14(2)25)21-20(28-19)15-8-9-17-18(10-15)27-12-26-17/h3-10,19H,11-12H2,1-2H3. The van der Waals surface area contributed by atoms with E-state index in [1.807, 2.05) is 30.3 Å². The number of anilines is 1. The highest BCUT2D eigenvalue weighted by Crippen LogP contribution is 2.33. The predicted molar refractivity (Wildman–Crippen MR) is 101 cm³/mol. The minimum Gasteiger partial charge on any atom is -0.454 e. The second-order valence-electron chi connectivity index (χ2n) is 6.37. The number of amides is 2. The maximum absolute atomic E-state index is 12.2. The van der Waals surface area contributed by atoms with Crippen LogP contribution < -0.4 is 14.4 Å². The van der Waals surface area contributed by atoms with Gasteiger partial charge in [0, 0.05) is 25.1 Å². The summed E-state index contributed by atoms with van der Waals surface area (Å²) in [5, 5.41) is 5.56. The number of ether oxygens (including phenoxy) is 3. The molecule has 0 spiro atoms. The Labute approximate surface area is 161 Å². The average molecular weight is 381 g/mol. The molecule has 0 radical (unpaired) electrons. The SMILES string of the molecule is CC(=O)N(CC1OC(c2ccc3c(c2)OCO3)=NN1C(C)=O)c1ccccc1. The smallest absolute Gasteiger partial charge is 0.243 e. The van der Waals surface area contributed by atoms with Gasteiger partial charge in [-0.3, -0.25) is 9.59 Å². The molecule has 0 aliphatic carbocycles.